The molecule has 0 amide bonds. The molecule has 0 bridgehead atoms. The maximum atomic E-state index is 12.1. The van der Waals surface area contributed by atoms with Gasteiger partial charge in [-0.15, -0.1) is 0 Å². The number of rotatable bonds is 6. The van der Waals surface area contributed by atoms with E-state index in [0.29, 0.717) is 37.2 Å². The lowest BCUT2D eigenvalue weighted by molar-refractivity contribution is -0.170. The molecule has 22 heavy (non-hydrogen) atoms. The molecule has 1 saturated carbocycles. The molecule has 2 rings (SSSR count). The third-order valence-electron chi connectivity index (χ3n) is 4.00. The number of thioether (sulfide) groups is 1. The lowest BCUT2D eigenvalue weighted by Crippen LogP contribution is -2.32. The molecule has 1 aliphatic carbocycles. The molecule has 126 valence electrons. The summed E-state index contributed by atoms with van der Waals surface area (Å²) in [4.78, 5) is 0. The van der Waals surface area contributed by atoms with Crippen molar-refractivity contribution in [2.75, 3.05) is 19.5 Å². The summed E-state index contributed by atoms with van der Waals surface area (Å²) < 4.78 is 39.9. The van der Waals surface area contributed by atoms with Gasteiger partial charge in [-0.05, 0) is 43.9 Å². The molecular weight excluding hydrogens is 310 g/mol. The van der Waals surface area contributed by atoms with Gasteiger partial charge in [-0.1, -0.05) is 18.2 Å². The van der Waals surface area contributed by atoms with E-state index in [0.717, 1.165) is 12.8 Å². The monoisotopic (exact) mass is 334 g/mol. The summed E-state index contributed by atoms with van der Waals surface area (Å²) >= 11 is 1.75. The van der Waals surface area contributed by atoms with Gasteiger partial charge in [0.15, 0.2) is 6.29 Å². The summed E-state index contributed by atoms with van der Waals surface area (Å²) in [6.07, 6.45) is 12.7. The van der Waals surface area contributed by atoms with E-state index in [-0.39, 0.29) is 12.4 Å². The Morgan fingerprint density at radius 2 is 1.68 bits per heavy atom. The Bertz CT molecular complexity index is 360. The molecule has 1 aliphatic heterocycles. The number of halogens is 2. The fraction of sp³-hybridized carbons (Fsp3) is 0.750. The summed E-state index contributed by atoms with van der Waals surface area (Å²) in [5.41, 5.74) is 0. The van der Waals surface area contributed by atoms with E-state index in [2.05, 4.69) is 17.1 Å². The number of allylic oxidation sites excluding steroid dienone is 3. The molecule has 0 unspecified atom stereocenters. The summed E-state index contributed by atoms with van der Waals surface area (Å²) in [6, 6.07) is 0. The van der Waals surface area contributed by atoms with E-state index in [4.69, 9.17) is 9.47 Å². The van der Waals surface area contributed by atoms with Crippen molar-refractivity contribution in [1.29, 1.82) is 0 Å². The van der Waals surface area contributed by atoms with Crippen molar-refractivity contribution in [1.82, 2.24) is 0 Å². The van der Waals surface area contributed by atoms with E-state index < -0.39 is 6.61 Å². The lowest BCUT2D eigenvalue weighted by Gasteiger charge is -2.26. The van der Waals surface area contributed by atoms with Crippen LogP contribution in [0.2, 0.25) is 0 Å². The van der Waals surface area contributed by atoms with Crippen LogP contribution in [-0.4, -0.2) is 43.7 Å². The number of hydrogen-bond donors (Lipinski definition) is 0. The molecule has 0 aromatic rings. The average Bonchev–Trinajstić information content (AvgIpc) is 2.53. The van der Waals surface area contributed by atoms with E-state index in [1.807, 2.05) is 18.2 Å². The molecular formula is C16H24F2O3S. The van der Waals surface area contributed by atoms with Crippen molar-refractivity contribution in [2.45, 2.75) is 49.9 Å². The first-order chi connectivity index (χ1) is 10.7. The predicted molar refractivity (Wildman–Crippen MR) is 84.1 cm³/mol. The fourth-order valence-corrected chi connectivity index (χ4v) is 3.12. The SMILES string of the molecule is CSC1COC(/C=C/C=C/C2CCC(OC(F)F)CC2)OC1. The Morgan fingerprint density at radius 1 is 1.05 bits per heavy atom. The van der Waals surface area contributed by atoms with Crippen LogP contribution in [0.1, 0.15) is 25.7 Å². The van der Waals surface area contributed by atoms with Gasteiger partial charge in [0.25, 0.3) is 0 Å². The first kappa shape index (κ1) is 17.9. The van der Waals surface area contributed by atoms with Crippen molar-refractivity contribution >= 4 is 11.8 Å². The largest absolute Gasteiger partial charge is 0.348 e. The fourth-order valence-electron chi connectivity index (χ4n) is 2.69. The summed E-state index contributed by atoms with van der Waals surface area (Å²) in [5.74, 6) is 0.441. The second-order valence-electron chi connectivity index (χ2n) is 5.60. The average molecular weight is 334 g/mol. The van der Waals surface area contributed by atoms with Gasteiger partial charge in [0.05, 0.1) is 24.6 Å². The Labute approximate surface area is 135 Å². The van der Waals surface area contributed by atoms with Crippen molar-refractivity contribution in [2.24, 2.45) is 5.92 Å². The molecule has 1 heterocycles. The summed E-state index contributed by atoms with van der Waals surface area (Å²) in [7, 11) is 0. The van der Waals surface area contributed by atoms with Crippen LogP contribution in [-0.2, 0) is 14.2 Å². The molecule has 6 heteroatoms. The zero-order chi connectivity index (χ0) is 15.8. The topological polar surface area (TPSA) is 27.7 Å². The third kappa shape index (κ3) is 6.36. The zero-order valence-electron chi connectivity index (χ0n) is 12.8. The standard InChI is InChI=1S/C16H24F2O3S/c1-22-14-10-19-15(20-11-14)5-3-2-4-12-6-8-13(9-7-12)21-16(17)18/h2-5,12-16H,6-11H2,1H3/b4-2+,5-3+. The second-order valence-corrected chi connectivity index (χ2v) is 6.73. The van der Waals surface area contributed by atoms with Crippen molar-refractivity contribution in [3.63, 3.8) is 0 Å². The van der Waals surface area contributed by atoms with E-state index in [1.165, 1.54) is 0 Å². The predicted octanol–water partition coefficient (Wildman–Crippen LogP) is 4.00. The molecule has 0 spiro atoms. The molecule has 3 nitrogen and oxygen atoms in total. The van der Waals surface area contributed by atoms with Crippen LogP contribution in [0.25, 0.3) is 0 Å². The van der Waals surface area contributed by atoms with Gasteiger partial charge in [0.2, 0.25) is 0 Å². The zero-order valence-corrected chi connectivity index (χ0v) is 13.6. The minimum absolute atomic E-state index is 0.261. The van der Waals surface area contributed by atoms with Gasteiger partial charge in [-0.25, -0.2) is 0 Å². The second kappa shape index (κ2) is 9.65. The summed E-state index contributed by atoms with van der Waals surface area (Å²) in [5, 5.41) is 0.422. The smallest absolute Gasteiger partial charge is 0.345 e. The van der Waals surface area contributed by atoms with E-state index >= 15 is 0 Å². The van der Waals surface area contributed by atoms with Gasteiger partial charge in [-0.3, -0.25) is 0 Å². The summed E-state index contributed by atoms with van der Waals surface area (Å²) in [6.45, 7) is -1.22. The first-order valence-corrected chi connectivity index (χ1v) is 9.00. The van der Waals surface area contributed by atoms with E-state index in [9.17, 15) is 8.78 Å². The van der Waals surface area contributed by atoms with Crippen molar-refractivity contribution in [3.8, 4) is 0 Å². The number of ether oxygens (including phenoxy) is 3. The Kier molecular flexibility index (Phi) is 7.86. The van der Waals surface area contributed by atoms with Gasteiger partial charge >= 0.3 is 6.61 Å². The Balaban J connectivity index is 1.63. The maximum absolute atomic E-state index is 12.1. The normalized spacial score (nSPS) is 34.0. The van der Waals surface area contributed by atoms with Crippen LogP contribution >= 0.6 is 11.8 Å². The van der Waals surface area contributed by atoms with E-state index in [1.54, 1.807) is 11.8 Å². The third-order valence-corrected chi connectivity index (χ3v) is 4.94. The highest BCUT2D eigenvalue weighted by Crippen LogP contribution is 2.28. The quantitative estimate of drug-likeness (QED) is 0.686. The molecule has 0 aromatic carbocycles. The van der Waals surface area contributed by atoms with Crippen LogP contribution in [0.3, 0.4) is 0 Å². The van der Waals surface area contributed by atoms with Gasteiger partial charge < -0.3 is 14.2 Å². The minimum Gasteiger partial charge on any atom is -0.348 e. The number of alkyl halides is 2. The van der Waals surface area contributed by atoms with Crippen LogP contribution in [0.15, 0.2) is 24.3 Å². The first-order valence-electron chi connectivity index (χ1n) is 7.72. The van der Waals surface area contributed by atoms with Gasteiger partial charge in [0, 0.05) is 0 Å². The molecule has 1 saturated heterocycles. The highest BCUT2D eigenvalue weighted by atomic mass is 32.2. The van der Waals surface area contributed by atoms with Crippen LogP contribution in [0.5, 0.6) is 0 Å². The molecule has 0 radical (unpaired) electrons. The lowest BCUT2D eigenvalue weighted by atomic mass is 9.87. The highest BCUT2D eigenvalue weighted by molar-refractivity contribution is 7.99. The molecule has 2 aliphatic rings. The Hall–Kier alpha value is -0.430. The molecule has 0 aromatic heterocycles. The highest BCUT2D eigenvalue weighted by Gasteiger charge is 2.22. The maximum Gasteiger partial charge on any atom is 0.345 e. The van der Waals surface area contributed by atoms with Crippen LogP contribution in [0, 0.1) is 5.92 Å². The Morgan fingerprint density at radius 3 is 2.27 bits per heavy atom. The van der Waals surface area contributed by atoms with Crippen molar-refractivity contribution in [3.05, 3.63) is 24.3 Å². The molecule has 2 fully saturated rings. The molecule has 0 N–H and O–H groups in total. The van der Waals surface area contributed by atoms with Crippen molar-refractivity contribution < 1.29 is 23.0 Å². The minimum atomic E-state index is -2.65. The van der Waals surface area contributed by atoms with Gasteiger partial charge in [0.1, 0.15) is 0 Å². The van der Waals surface area contributed by atoms with Gasteiger partial charge in [-0.2, -0.15) is 20.5 Å². The van der Waals surface area contributed by atoms with Crippen LogP contribution < -0.4 is 0 Å². The molecule has 0 atom stereocenters. The number of hydrogen-bond acceptors (Lipinski definition) is 4. The van der Waals surface area contributed by atoms with Crippen LogP contribution in [0.4, 0.5) is 8.78 Å².